The van der Waals surface area contributed by atoms with Gasteiger partial charge in [-0.25, -0.2) is 0 Å². The minimum Gasteiger partial charge on any atom is -0.404 e. The second kappa shape index (κ2) is 4.29. The molecule has 1 aromatic heterocycles. The molecule has 6 heteroatoms. The first-order valence-corrected chi connectivity index (χ1v) is 6.66. The van der Waals surface area contributed by atoms with Crippen molar-refractivity contribution in [3.8, 4) is 5.75 Å². The van der Waals surface area contributed by atoms with Crippen molar-refractivity contribution in [1.82, 2.24) is 10.4 Å². The Hall–Kier alpha value is -1.11. The van der Waals surface area contributed by atoms with Gasteiger partial charge in [0.15, 0.2) is 5.75 Å². The van der Waals surface area contributed by atoms with E-state index < -0.39 is 0 Å². The predicted molar refractivity (Wildman–Crippen MR) is 65.8 cm³/mol. The number of thiophene rings is 1. The first-order valence-electron chi connectivity index (χ1n) is 5.78. The maximum Gasteiger partial charge on any atom is 0.164 e. The Morgan fingerprint density at radius 1 is 1.65 bits per heavy atom. The maximum absolute atomic E-state index is 11.0. The summed E-state index contributed by atoms with van der Waals surface area (Å²) in [5, 5.41) is 7.84. The van der Waals surface area contributed by atoms with Gasteiger partial charge < -0.3 is 20.7 Å². The summed E-state index contributed by atoms with van der Waals surface area (Å²) >= 11 is 1.50. The van der Waals surface area contributed by atoms with E-state index in [0.29, 0.717) is 6.54 Å². The van der Waals surface area contributed by atoms with Crippen molar-refractivity contribution in [3.05, 3.63) is 10.9 Å². The summed E-state index contributed by atoms with van der Waals surface area (Å²) in [7, 11) is 0. The number of hydroxylamine groups is 2. The zero-order valence-electron chi connectivity index (χ0n) is 9.39. The molecule has 1 saturated heterocycles. The Labute approximate surface area is 103 Å². The number of carbonyl (C=O) groups excluding carboxylic acids is 1. The fourth-order valence-electron chi connectivity index (χ4n) is 2.47. The molecule has 2 aliphatic rings. The number of anilines is 1. The first-order chi connectivity index (χ1) is 8.29. The predicted octanol–water partition coefficient (Wildman–Crippen LogP) is 0.759. The van der Waals surface area contributed by atoms with Crippen LogP contribution in [0.1, 0.15) is 18.4 Å². The summed E-state index contributed by atoms with van der Waals surface area (Å²) < 4.78 is 0. The second-order valence-corrected chi connectivity index (χ2v) is 5.35. The number of nitrogens with one attached hydrogen (secondary N) is 1. The zero-order chi connectivity index (χ0) is 11.8. The minimum absolute atomic E-state index is 0.109. The quantitative estimate of drug-likeness (QED) is 0.762. The fourth-order valence-corrected chi connectivity index (χ4v) is 3.20. The Morgan fingerprint density at radius 2 is 2.53 bits per heavy atom. The van der Waals surface area contributed by atoms with Crippen LogP contribution in [-0.4, -0.2) is 30.0 Å². The van der Waals surface area contributed by atoms with Crippen LogP contribution in [-0.2, 0) is 11.3 Å². The topological polar surface area (TPSA) is 67.6 Å². The van der Waals surface area contributed by atoms with Gasteiger partial charge in [-0.05, 0) is 19.4 Å². The van der Waals surface area contributed by atoms with E-state index in [4.69, 9.17) is 10.6 Å². The van der Waals surface area contributed by atoms with Gasteiger partial charge in [-0.1, -0.05) is 0 Å². The molecule has 3 N–H and O–H groups in total. The van der Waals surface area contributed by atoms with Gasteiger partial charge in [0.05, 0.1) is 23.6 Å². The van der Waals surface area contributed by atoms with Crippen molar-refractivity contribution in [2.45, 2.75) is 31.5 Å². The molecule has 3 rings (SSSR count). The molecule has 0 bridgehead atoms. The molecule has 3 heterocycles. The smallest absolute Gasteiger partial charge is 0.164 e. The molecule has 5 nitrogen and oxygen atoms in total. The van der Waals surface area contributed by atoms with Crippen LogP contribution >= 0.6 is 11.3 Å². The highest BCUT2D eigenvalue weighted by molar-refractivity contribution is 7.14. The lowest BCUT2D eigenvalue weighted by atomic mass is 9.99. The zero-order valence-corrected chi connectivity index (χ0v) is 10.2. The third-order valence-corrected chi connectivity index (χ3v) is 4.24. The summed E-state index contributed by atoms with van der Waals surface area (Å²) in [5.74, 6) is 0.850. The Kier molecular flexibility index (Phi) is 2.78. The lowest BCUT2D eigenvalue weighted by Crippen LogP contribution is -2.54. The van der Waals surface area contributed by atoms with Gasteiger partial charge in [0.25, 0.3) is 0 Å². The van der Waals surface area contributed by atoms with E-state index in [1.54, 1.807) is 0 Å². The molecule has 2 aliphatic heterocycles. The van der Waals surface area contributed by atoms with Crippen molar-refractivity contribution < 1.29 is 9.63 Å². The second-order valence-electron chi connectivity index (χ2n) is 4.43. The van der Waals surface area contributed by atoms with Crippen molar-refractivity contribution in [3.63, 3.8) is 0 Å². The van der Waals surface area contributed by atoms with Gasteiger partial charge in [-0.15, -0.1) is 16.4 Å². The van der Waals surface area contributed by atoms with Crippen LogP contribution in [0.15, 0.2) is 5.38 Å². The monoisotopic (exact) mass is 253 g/mol. The van der Waals surface area contributed by atoms with E-state index in [9.17, 15) is 4.79 Å². The Morgan fingerprint density at radius 3 is 3.29 bits per heavy atom. The van der Waals surface area contributed by atoms with Crippen molar-refractivity contribution in [2.24, 2.45) is 0 Å². The standard InChI is InChI=1S/C11H15N3O2S/c12-11-7-4-14(16-10(7)6-17-11)9-2-1-3-13-8(9)5-15/h5-6,8-9,13H,1-4,12H2/t8?,9-/m0/s1. The average molecular weight is 253 g/mol. The third-order valence-electron chi connectivity index (χ3n) is 3.41. The molecule has 2 atom stereocenters. The first kappa shape index (κ1) is 11.0. The highest BCUT2D eigenvalue weighted by Crippen LogP contribution is 2.39. The molecule has 92 valence electrons. The molecule has 0 amide bonds. The lowest BCUT2D eigenvalue weighted by Gasteiger charge is -2.34. The average Bonchev–Trinajstić information content (AvgIpc) is 2.92. The number of nitrogen functional groups attached to an aromatic ring is 1. The van der Waals surface area contributed by atoms with Crippen LogP contribution in [0, 0.1) is 0 Å². The van der Waals surface area contributed by atoms with Crippen molar-refractivity contribution in [1.29, 1.82) is 0 Å². The third kappa shape index (κ3) is 1.82. The molecule has 0 aliphatic carbocycles. The summed E-state index contributed by atoms with van der Waals surface area (Å²) in [4.78, 5) is 16.8. The Balaban J connectivity index is 1.76. The molecule has 0 spiro atoms. The van der Waals surface area contributed by atoms with E-state index in [1.807, 2.05) is 10.4 Å². The normalized spacial score (nSPS) is 28.7. The Bertz CT molecular complexity index is 434. The van der Waals surface area contributed by atoms with Crippen LogP contribution in [0.4, 0.5) is 5.00 Å². The van der Waals surface area contributed by atoms with Crippen LogP contribution in [0.3, 0.4) is 0 Å². The number of rotatable bonds is 2. The van der Waals surface area contributed by atoms with Gasteiger partial charge in [-0.3, -0.25) is 0 Å². The van der Waals surface area contributed by atoms with Gasteiger partial charge in [0, 0.05) is 10.9 Å². The number of carbonyl (C=O) groups is 1. The van der Waals surface area contributed by atoms with Crippen LogP contribution < -0.4 is 15.9 Å². The maximum atomic E-state index is 11.0. The van der Waals surface area contributed by atoms with E-state index in [2.05, 4.69) is 5.32 Å². The van der Waals surface area contributed by atoms with Crippen LogP contribution in [0.2, 0.25) is 0 Å². The van der Waals surface area contributed by atoms with E-state index in [0.717, 1.165) is 42.0 Å². The van der Waals surface area contributed by atoms with E-state index in [-0.39, 0.29) is 12.1 Å². The fraction of sp³-hybridized carbons (Fsp3) is 0.545. The highest BCUT2D eigenvalue weighted by atomic mass is 32.1. The number of aldehydes is 1. The number of piperidine rings is 1. The highest BCUT2D eigenvalue weighted by Gasteiger charge is 2.36. The van der Waals surface area contributed by atoms with E-state index in [1.165, 1.54) is 11.3 Å². The minimum atomic E-state index is -0.141. The number of nitrogens with two attached hydrogens (primary N) is 1. The van der Waals surface area contributed by atoms with Crippen LogP contribution in [0.5, 0.6) is 5.75 Å². The van der Waals surface area contributed by atoms with E-state index >= 15 is 0 Å². The van der Waals surface area contributed by atoms with Crippen LogP contribution in [0.25, 0.3) is 0 Å². The summed E-state index contributed by atoms with van der Waals surface area (Å²) in [6, 6.07) is -0.0318. The summed E-state index contributed by atoms with van der Waals surface area (Å²) in [6.07, 6.45) is 3.02. The molecular formula is C11H15N3O2S. The number of nitrogens with zero attached hydrogens (tertiary/aromatic N) is 1. The lowest BCUT2D eigenvalue weighted by molar-refractivity contribution is -0.124. The van der Waals surface area contributed by atoms with Gasteiger partial charge in [0.2, 0.25) is 0 Å². The molecule has 1 fully saturated rings. The van der Waals surface area contributed by atoms with Gasteiger partial charge >= 0.3 is 0 Å². The molecule has 0 aromatic carbocycles. The van der Waals surface area contributed by atoms with Gasteiger partial charge in [-0.2, -0.15) is 0 Å². The summed E-state index contributed by atoms with van der Waals surface area (Å²) in [5.41, 5.74) is 6.94. The molecule has 1 aromatic rings. The molecule has 0 radical (unpaired) electrons. The van der Waals surface area contributed by atoms with Crippen molar-refractivity contribution in [2.75, 3.05) is 12.3 Å². The molecular weight excluding hydrogens is 238 g/mol. The number of fused-ring (bicyclic) bond motifs is 1. The van der Waals surface area contributed by atoms with Gasteiger partial charge in [0.1, 0.15) is 6.29 Å². The summed E-state index contributed by atoms with van der Waals surface area (Å²) in [6.45, 7) is 1.58. The van der Waals surface area contributed by atoms with Crippen molar-refractivity contribution >= 4 is 22.6 Å². The largest absolute Gasteiger partial charge is 0.404 e. The number of hydrogen-bond donors (Lipinski definition) is 2. The number of hydrogen-bond acceptors (Lipinski definition) is 6. The SMILES string of the molecule is Nc1scc2c1CN([C@H]1CCCNC1C=O)O2. The molecule has 17 heavy (non-hydrogen) atoms. The molecule has 0 saturated carbocycles. The molecule has 1 unspecified atom stereocenters.